The van der Waals surface area contributed by atoms with Gasteiger partial charge in [0.15, 0.2) is 6.29 Å². The normalized spacial score (nSPS) is 14.4. The number of hydrogen-bond acceptors (Lipinski definition) is 3. The number of hydrogen-bond donors (Lipinski definition) is 2. The molecule has 0 spiro atoms. The lowest BCUT2D eigenvalue weighted by Gasteiger charge is -2.23. The third-order valence-electron chi connectivity index (χ3n) is 1.24. The topological polar surface area (TPSA) is 52.0 Å². The van der Waals surface area contributed by atoms with Gasteiger partial charge in [-0.1, -0.05) is 0 Å². The third-order valence-corrected chi connectivity index (χ3v) is 1.24. The summed E-state index contributed by atoms with van der Waals surface area (Å²) in [5.41, 5.74) is 0. The fourth-order valence-corrected chi connectivity index (χ4v) is 0.637. The second kappa shape index (κ2) is 6.60. The van der Waals surface area contributed by atoms with Crippen molar-refractivity contribution in [3.63, 3.8) is 0 Å². The first-order valence-corrected chi connectivity index (χ1v) is 3.72. The second-order valence-electron chi connectivity index (χ2n) is 2.47. The van der Waals surface area contributed by atoms with Crippen molar-refractivity contribution in [1.82, 2.24) is 15.5 Å². The summed E-state index contributed by atoms with van der Waals surface area (Å²) in [5, 5.41) is 6.07. The highest BCUT2D eigenvalue weighted by atomic mass is 15.4. The number of aliphatic imine (C=N–C) groups is 2. The van der Waals surface area contributed by atoms with E-state index in [1.54, 1.807) is 26.8 Å². The Morgan fingerprint density at radius 1 is 1.08 bits per heavy atom. The second-order valence-corrected chi connectivity index (χ2v) is 2.47. The molecule has 0 amide bonds. The van der Waals surface area contributed by atoms with E-state index in [9.17, 15) is 0 Å². The molecule has 5 heteroatoms. The maximum atomic E-state index is 3.82. The average molecular weight is 171 g/mol. The van der Waals surface area contributed by atoms with Crippen molar-refractivity contribution in [3.8, 4) is 0 Å². The van der Waals surface area contributed by atoms with E-state index in [0.717, 1.165) is 0 Å². The van der Waals surface area contributed by atoms with E-state index in [0.29, 0.717) is 0 Å². The molecule has 0 bridgehead atoms. The van der Waals surface area contributed by atoms with Gasteiger partial charge in [0.1, 0.15) is 0 Å². The molecule has 70 valence electrons. The Morgan fingerprint density at radius 2 is 1.50 bits per heavy atom. The molecule has 0 fully saturated rings. The Kier molecular flexibility index (Phi) is 6.00. The van der Waals surface area contributed by atoms with E-state index in [2.05, 4.69) is 20.6 Å². The van der Waals surface area contributed by atoms with Crippen LogP contribution < -0.4 is 10.6 Å². The fraction of sp³-hybridized carbons (Fsp3) is 0.714. The van der Waals surface area contributed by atoms with Crippen LogP contribution in [-0.2, 0) is 0 Å². The van der Waals surface area contributed by atoms with E-state index in [1.807, 2.05) is 19.0 Å². The van der Waals surface area contributed by atoms with Crippen molar-refractivity contribution in [2.24, 2.45) is 9.98 Å². The van der Waals surface area contributed by atoms with Crippen LogP contribution in [0.15, 0.2) is 9.98 Å². The van der Waals surface area contributed by atoms with Gasteiger partial charge in [-0.2, -0.15) is 0 Å². The summed E-state index contributed by atoms with van der Waals surface area (Å²) >= 11 is 0. The molecular weight excluding hydrogens is 154 g/mol. The molecule has 0 saturated carbocycles. The average Bonchev–Trinajstić information content (AvgIpc) is 2.04. The Balaban J connectivity index is 3.86. The summed E-state index contributed by atoms with van der Waals surface area (Å²) in [6.45, 7) is 0. The molecule has 0 aliphatic heterocycles. The Bertz CT molecular complexity index is 138. The summed E-state index contributed by atoms with van der Waals surface area (Å²) in [5.74, 6) is 0. The summed E-state index contributed by atoms with van der Waals surface area (Å²) in [7, 11) is 7.34. The van der Waals surface area contributed by atoms with Crippen LogP contribution in [-0.4, -0.2) is 52.1 Å². The summed E-state index contributed by atoms with van der Waals surface area (Å²) < 4.78 is 0. The molecule has 0 aromatic carbocycles. The molecule has 0 saturated heterocycles. The summed E-state index contributed by atoms with van der Waals surface area (Å²) in [6, 6.07) is 0. The molecule has 2 N–H and O–H groups in total. The number of nitrogens with zero attached hydrogens (tertiary/aromatic N) is 3. The van der Waals surface area contributed by atoms with Crippen molar-refractivity contribution in [3.05, 3.63) is 0 Å². The Hall–Kier alpha value is -1.10. The fourth-order valence-electron chi connectivity index (χ4n) is 0.637. The van der Waals surface area contributed by atoms with Crippen LogP contribution in [0.5, 0.6) is 0 Å². The molecule has 0 aromatic rings. The first-order chi connectivity index (χ1) is 5.72. The van der Waals surface area contributed by atoms with Crippen molar-refractivity contribution in [1.29, 1.82) is 0 Å². The monoisotopic (exact) mass is 171 g/mol. The van der Waals surface area contributed by atoms with Gasteiger partial charge in [0.25, 0.3) is 0 Å². The number of nitrogens with one attached hydrogen (secondary N) is 2. The van der Waals surface area contributed by atoms with Gasteiger partial charge in [0.05, 0.1) is 12.7 Å². The van der Waals surface area contributed by atoms with Crippen LogP contribution in [0.3, 0.4) is 0 Å². The maximum absolute atomic E-state index is 3.82. The lowest BCUT2D eigenvalue weighted by molar-refractivity contribution is 0.261. The zero-order chi connectivity index (χ0) is 9.40. The van der Waals surface area contributed by atoms with Gasteiger partial charge in [-0.3, -0.25) is 14.9 Å². The van der Waals surface area contributed by atoms with Crippen LogP contribution in [0.2, 0.25) is 0 Å². The molecule has 0 aromatic heterocycles. The van der Waals surface area contributed by atoms with E-state index >= 15 is 0 Å². The first kappa shape index (κ1) is 10.9. The smallest absolute Gasteiger partial charge is 0.156 e. The molecule has 0 atom stereocenters. The van der Waals surface area contributed by atoms with Gasteiger partial charge in [0.2, 0.25) is 0 Å². The Morgan fingerprint density at radius 3 is 1.75 bits per heavy atom. The van der Waals surface area contributed by atoms with Crippen molar-refractivity contribution in [2.75, 3.05) is 28.2 Å². The minimum atomic E-state index is 0.0254. The molecule has 0 unspecified atom stereocenters. The molecule has 0 radical (unpaired) electrons. The zero-order valence-electron chi connectivity index (χ0n) is 8.07. The SMILES string of the molecule is CN=CNC(NC=NC)N(C)C. The van der Waals surface area contributed by atoms with Crippen molar-refractivity contribution in [2.45, 2.75) is 6.29 Å². The van der Waals surface area contributed by atoms with Gasteiger partial charge < -0.3 is 10.6 Å². The highest BCUT2D eigenvalue weighted by Crippen LogP contribution is 1.79. The predicted molar refractivity (Wildman–Crippen MR) is 52.6 cm³/mol. The van der Waals surface area contributed by atoms with Crippen LogP contribution in [0.25, 0.3) is 0 Å². The summed E-state index contributed by atoms with van der Waals surface area (Å²) in [4.78, 5) is 9.61. The molecule has 0 heterocycles. The zero-order valence-corrected chi connectivity index (χ0v) is 8.07. The predicted octanol–water partition coefficient (Wildman–Crippen LogP) is -0.673. The van der Waals surface area contributed by atoms with E-state index < -0.39 is 0 Å². The van der Waals surface area contributed by atoms with E-state index in [-0.39, 0.29) is 6.29 Å². The van der Waals surface area contributed by atoms with Crippen LogP contribution in [0.4, 0.5) is 0 Å². The minimum absolute atomic E-state index is 0.0254. The van der Waals surface area contributed by atoms with Crippen LogP contribution in [0.1, 0.15) is 0 Å². The van der Waals surface area contributed by atoms with E-state index in [4.69, 9.17) is 0 Å². The van der Waals surface area contributed by atoms with Gasteiger partial charge in [0, 0.05) is 14.1 Å². The number of rotatable bonds is 5. The Labute approximate surface area is 73.6 Å². The summed E-state index contributed by atoms with van der Waals surface area (Å²) in [6.07, 6.45) is 3.31. The van der Waals surface area contributed by atoms with Crippen LogP contribution >= 0.6 is 0 Å². The molecular formula is C7H17N5. The van der Waals surface area contributed by atoms with Gasteiger partial charge in [-0.05, 0) is 14.1 Å². The van der Waals surface area contributed by atoms with Crippen LogP contribution in [0, 0.1) is 0 Å². The van der Waals surface area contributed by atoms with Gasteiger partial charge in [-0.25, -0.2) is 0 Å². The lowest BCUT2D eigenvalue weighted by atomic mass is 10.7. The lowest BCUT2D eigenvalue weighted by Crippen LogP contribution is -2.50. The third kappa shape index (κ3) is 4.68. The molecule has 0 aliphatic rings. The molecule has 0 aliphatic carbocycles. The quantitative estimate of drug-likeness (QED) is 0.327. The van der Waals surface area contributed by atoms with Crippen molar-refractivity contribution >= 4 is 12.7 Å². The highest BCUT2D eigenvalue weighted by Gasteiger charge is 2.04. The molecule has 5 nitrogen and oxygen atoms in total. The first-order valence-electron chi connectivity index (χ1n) is 3.72. The highest BCUT2D eigenvalue weighted by molar-refractivity contribution is 5.57. The largest absolute Gasteiger partial charge is 0.344 e. The molecule has 0 rings (SSSR count). The maximum Gasteiger partial charge on any atom is 0.156 e. The van der Waals surface area contributed by atoms with Crippen molar-refractivity contribution < 1.29 is 0 Å². The minimum Gasteiger partial charge on any atom is -0.344 e. The van der Waals surface area contributed by atoms with E-state index in [1.165, 1.54) is 0 Å². The molecule has 12 heavy (non-hydrogen) atoms. The standard InChI is InChI=1S/C7H17N5/c1-8-5-10-7(12(3)4)11-6-9-2/h5-7H,1-4H3,(H,8,10)(H,9,11). The van der Waals surface area contributed by atoms with Gasteiger partial charge >= 0.3 is 0 Å². The van der Waals surface area contributed by atoms with Gasteiger partial charge in [-0.15, -0.1) is 0 Å².